The Morgan fingerprint density at radius 3 is 2.62 bits per heavy atom. The summed E-state index contributed by atoms with van der Waals surface area (Å²) in [6, 6.07) is 9.33. The van der Waals surface area contributed by atoms with Crippen LogP contribution >= 0.6 is 11.3 Å². The third-order valence-electron chi connectivity index (χ3n) is 6.51. The minimum absolute atomic E-state index is 0.0102. The summed E-state index contributed by atoms with van der Waals surface area (Å²) in [5.41, 5.74) is 1.05. The molecule has 172 valence electrons. The number of rotatable bonds is 4. The largest absolute Gasteiger partial charge is 0.490 e. The first kappa shape index (κ1) is 21.7. The fourth-order valence-corrected chi connectivity index (χ4v) is 7.57. The molecule has 0 spiro atoms. The van der Waals surface area contributed by atoms with E-state index in [9.17, 15) is 13.2 Å². The fourth-order valence-electron chi connectivity index (χ4n) is 4.90. The minimum Gasteiger partial charge on any atom is -0.490 e. The molecule has 2 atom stereocenters. The van der Waals surface area contributed by atoms with E-state index < -0.39 is 10.0 Å². The predicted molar refractivity (Wildman–Crippen MR) is 122 cm³/mol. The molecule has 0 unspecified atom stereocenters. The van der Waals surface area contributed by atoms with Crippen LogP contribution in [-0.4, -0.2) is 56.4 Å². The molecule has 0 bridgehead atoms. The highest BCUT2D eigenvalue weighted by Gasteiger charge is 2.39. The van der Waals surface area contributed by atoms with Crippen molar-refractivity contribution in [3.05, 3.63) is 41.3 Å². The molecule has 1 amide bonds. The zero-order valence-electron chi connectivity index (χ0n) is 17.9. The zero-order chi connectivity index (χ0) is 22.1. The van der Waals surface area contributed by atoms with Gasteiger partial charge in [-0.15, -0.1) is 11.3 Å². The van der Waals surface area contributed by atoms with Crippen LogP contribution in [0.4, 0.5) is 0 Å². The van der Waals surface area contributed by atoms with E-state index in [0.29, 0.717) is 36.9 Å². The number of ether oxygens (including phenoxy) is 2. The van der Waals surface area contributed by atoms with Crippen LogP contribution in [0.5, 0.6) is 11.5 Å². The Bertz CT molecular complexity index is 1070. The highest BCUT2D eigenvalue weighted by molar-refractivity contribution is 7.91. The van der Waals surface area contributed by atoms with Crippen molar-refractivity contribution in [1.29, 1.82) is 0 Å². The number of hydrogen-bond acceptors (Lipinski definition) is 6. The number of piperidine rings is 1. The average Bonchev–Trinajstić information content (AvgIpc) is 3.48. The number of sulfonamides is 1. The molecule has 0 N–H and O–H groups in total. The second-order valence-electron chi connectivity index (χ2n) is 8.58. The average molecular weight is 477 g/mol. The molecular formula is C23H28N2O5S2. The van der Waals surface area contributed by atoms with Crippen LogP contribution in [0, 0.1) is 5.92 Å². The Hall–Kier alpha value is -2.10. The molecule has 3 aliphatic heterocycles. The van der Waals surface area contributed by atoms with Crippen molar-refractivity contribution in [3.63, 3.8) is 0 Å². The normalized spacial score (nSPS) is 24.3. The number of benzene rings is 1. The molecule has 0 aliphatic carbocycles. The quantitative estimate of drug-likeness (QED) is 0.673. The van der Waals surface area contributed by atoms with Gasteiger partial charge in [-0.3, -0.25) is 4.79 Å². The van der Waals surface area contributed by atoms with Crippen molar-refractivity contribution in [1.82, 2.24) is 9.21 Å². The van der Waals surface area contributed by atoms with E-state index in [1.54, 1.807) is 17.5 Å². The third kappa shape index (κ3) is 4.13. The fraction of sp³-hybridized carbons (Fsp3) is 0.522. The standard InChI is InChI=1S/C23H28N2O5S2/c26-23(18-5-1-10-24(16-18)32(27,28)22-7-3-14-31-22)25-11-2-6-19(25)17-8-9-20-21(15-17)30-13-4-12-29-20/h3,7-9,14-15,18-19H,1-2,4-6,10-13,16H2/t18-,19+/m0/s1. The van der Waals surface area contributed by atoms with Gasteiger partial charge in [0.05, 0.1) is 25.2 Å². The van der Waals surface area contributed by atoms with Gasteiger partial charge in [-0.25, -0.2) is 8.42 Å². The van der Waals surface area contributed by atoms with E-state index >= 15 is 0 Å². The van der Waals surface area contributed by atoms with E-state index in [-0.39, 0.29) is 24.4 Å². The zero-order valence-corrected chi connectivity index (χ0v) is 19.6. The molecule has 2 saturated heterocycles. The van der Waals surface area contributed by atoms with Gasteiger partial charge in [0, 0.05) is 26.1 Å². The lowest BCUT2D eigenvalue weighted by molar-refractivity contribution is -0.137. The molecule has 9 heteroatoms. The van der Waals surface area contributed by atoms with Crippen molar-refractivity contribution in [3.8, 4) is 11.5 Å². The number of carbonyl (C=O) groups excluding carboxylic acids is 1. The van der Waals surface area contributed by atoms with Crippen molar-refractivity contribution >= 4 is 27.3 Å². The molecule has 0 radical (unpaired) electrons. The van der Waals surface area contributed by atoms with Crippen LogP contribution < -0.4 is 9.47 Å². The van der Waals surface area contributed by atoms with Crippen LogP contribution in [0.3, 0.4) is 0 Å². The van der Waals surface area contributed by atoms with Gasteiger partial charge >= 0.3 is 0 Å². The first-order valence-corrected chi connectivity index (χ1v) is 13.6. The second-order valence-corrected chi connectivity index (χ2v) is 11.7. The third-order valence-corrected chi connectivity index (χ3v) is 9.75. The predicted octanol–water partition coefficient (Wildman–Crippen LogP) is 3.67. The summed E-state index contributed by atoms with van der Waals surface area (Å²) in [5.74, 6) is 1.25. The Morgan fingerprint density at radius 1 is 1.00 bits per heavy atom. The maximum absolute atomic E-state index is 13.5. The summed E-state index contributed by atoms with van der Waals surface area (Å²) in [7, 11) is -3.54. The Balaban J connectivity index is 1.33. The first-order chi connectivity index (χ1) is 15.5. The molecule has 4 heterocycles. The SMILES string of the molecule is O=C([C@H]1CCCN(S(=O)(=O)c2cccs2)C1)N1CCC[C@@H]1c1ccc2c(c1)OCCCO2. The van der Waals surface area contributed by atoms with Crippen molar-refractivity contribution in [2.75, 3.05) is 32.8 Å². The Labute approximate surface area is 193 Å². The number of fused-ring (bicyclic) bond motifs is 1. The monoisotopic (exact) mass is 476 g/mol. The van der Waals surface area contributed by atoms with E-state index in [2.05, 4.69) is 0 Å². The van der Waals surface area contributed by atoms with E-state index in [4.69, 9.17) is 9.47 Å². The van der Waals surface area contributed by atoms with Gasteiger partial charge in [-0.05, 0) is 54.8 Å². The van der Waals surface area contributed by atoms with Gasteiger partial charge in [0.1, 0.15) is 4.21 Å². The molecule has 7 nitrogen and oxygen atoms in total. The Kier molecular flexibility index (Phi) is 6.14. The molecule has 2 fully saturated rings. The van der Waals surface area contributed by atoms with E-state index in [0.717, 1.165) is 42.7 Å². The number of likely N-dealkylation sites (tertiary alicyclic amines) is 1. The highest BCUT2D eigenvalue weighted by atomic mass is 32.2. The summed E-state index contributed by atoms with van der Waals surface area (Å²) < 4.78 is 39.4. The van der Waals surface area contributed by atoms with Gasteiger partial charge in [0.25, 0.3) is 10.0 Å². The summed E-state index contributed by atoms with van der Waals surface area (Å²) in [4.78, 5) is 15.5. The minimum atomic E-state index is -3.54. The summed E-state index contributed by atoms with van der Waals surface area (Å²) in [5, 5.41) is 1.77. The lowest BCUT2D eigenvalue weighted by Crippen LogP contribution is -2.46. The van der Waals surface area contributed by atoms with Crippen LogP contribution in [0.25, 0.3) is 0 Å². The maximum atomic E-state index is 13.5. The summed E-state index contributed by atoms with van der Waals surface area (Å²) in [6.45, 7) is 2.69. The molecule has 0 saturated carbocycles. The first-order valence-electron chi connectivity index (χ1n) is 11.3. The van der Waals surface area contributed by atoms with Gasteiger partial charge in [-0.2, -0.15) is 4.31 Å². The van der Waals surface area contributed by atoms with Gasteiger partial charge in [-0.1, -0.05) is 12.1 Å². The van der Waals surface area contributed by atoms with E-state index in [1.807, 2.05) is 23.1 Å². The lowest BCUT2D eigenvalue weighted by Gasteiger charge is -2.35. The molecule has 5 rings (SSSR count). The number of hydrogen-bond donors (Lipinski definition) is 0. The molecule has 1 aromatic heterocycles. The van der Waals surface area contributed by atoms with Crippen molar-refractivity contribution < 1.29 is 22.7 Å². The Morgan fingerprint density at radius 2 is 1.81 bits per heavy atom. The van der Waals surface area contributed by atoms with Crippen molar-refractivity contribution in [2.45, 2.75) is 42.4 Å². The van der Waals surface area contributed by atoms with Gasteiger partial charge in [0.15, 0.2) is 11.5 Å². The lowest BCUT2D eigenvalue weighted by atomic mass is 9.96. The van der Waals surface area contributed by atoms with Gasteiger partial charge < -0.3 is 14.4 Å². The van der Waals surface area contributed by atoms with Crippen LogP contribution in [0.2, 0.25) is 0 Å². The van der Waals surface area contributed by atoms with Crippen LogP contribution in [0.15, 0.2) is 39.9 Å². The van der Waals surface area contributed by atoms with E-state index in [1.165, 1.54) is 15.6 Å². The second kappa shape index (κ2) is 9.03. The topological polar surface area (TPSA) is 76.2 Å². The molecule has 3 aliphatic rings. The molecule has 32 heavy (non-hydrogen) atoms. The number of thiophene rings is 1. The van der Waals surface area contributed by atoms with Crippen LogP contribution in [0.1, 0.15) is 43.7 Å². The smallest absolute Gasteiger partial charge is 0.252 e. The molecular weight excluding hydrogens is 448 g/mol. The molecule has 2 aromatic rings. The number of amides is 1. The van der Waals surface area contributed by atoms with Gasteiger partial charge in [0.2, 0.25) is 5.91 Å². The number of carbonyl (C=O) groups is 1. The maximum Gasteiger partial charge on any atom is 0.252 e. The number of nitrogens with zero attached hydrogens (tertiary/aromatic N) is 2. The summed E-state index contributed by atoms with van der Waals surface area (Å²) >= 11 is 1.22. The van der Waals surface area contributed by atoms with Crippen LogP contribution in [-0.2, 0) is 14.8 Å². The highest BCUT2D eigenvalue weighted by Crippen LogP contribution is 2.39. The molecule has 1 aromatic carbocycles. The summed E-state index contributed by atoms with van der Waals surface area (Å²) in [6.07, 6.45) is 4.11. The van der Waals surface area contributed by atoms with Crippen molar-refractivity contribution in [2.24, 2.45) is 5.92 Å².